The zero-order chi connectivity index (χ0) is 13.0. The van der Waals surface area contributed by atoms with Gasteiger partial charge in [0.15, 0.2) is 5.65 Å². The van der Waals surface area contributed by atoms with Crippen molar-refractivity contribution in [1.29, 1.82) is 0 Å². The van der Waals surface area contributed by atoms with Crippen LogP contribution >= 0.6 is 11.6 Å². The zero-order valence-corrected chi connectivity index (χ0v) is 11.3. The molecule has 0 fully saturated rings. The second-order valence-corrected chi connectivity index (χ2v) is 4.12. The van der Waals surface area contributed by atoms with Crippen LogP contribution in [0.15, 0.2) is 12.1 Å². The third-order valence-electron chi connectivity index (χ3n) is 2.75. The van der Waals surface area contributed by atoms with Crippen LogP contribution < -0.4 is 4.74 Å². The van der Waals surface area contributed by atoms with Crippen molar-refractivity contribution in [3.05, 3.63) is 17.4 Å². The molecule has 2 aromatic heterocycles. The van der Waals surface area contributed by atoms with Gasteiger partial charge >= 0.3 is 0 Å². The van der Waals surface area contributed by atoms with Crippen LogP contribution in [-0.4, -0.2) is 51.0 Å². The molecule has 0 saturated carbocycles. The normalized spacial score (nSPS) is 11.3. The third kappa shape index (κ3) is 2.88. The van der Waals surface area contributed by atoms with Gasteiger partial charge in [-0.05, 0) is 30.8 Å². The van der Waals surface area contributed by atoms with Crippen LogP contribution in [0.25, 0.3) is 5.65 Å². The van der Waals surface area contributed by atoms with Crippen molar-refractivity contribution in [2.24, 2.45) is 0 Å². The smallest absolute Gasteiger partial charge is 0.246 e. The second kappa shape index (κ2) is 5.97. The molecule has 2 heterocycles. The van der Waals surface area contributed by atoms with Gasteiger partial charge in [-0.15, -0.1) is 15.3 Å². The second-order valence-electron chi connectivity index (χ2n) is 3.79. The summed E-state index contributed by atoms with van der Waals surface area (Å²) < 4.78 is 7.04. The predicted molar refractivity (Wildman–Crippen MR) is 69.1 cm³/mol. The van der Waals surface area contributed by atoms with Gasteiger partial charge in [0, 0.05) is 12.6 Å². The standard InChI is InChI=1S/C11H16ClN5O/c1-3-16(4-2)7-8-18-10-6-5-9-13-14-11(12)17(9)15-10/h5-6H,3-4,7-8H2,1-2H3. The van der Waals surface area contributed by atoms with Crippen LogP contribution in [0.4, 0.5) is 0 Å². The Kier molecular flexibility index (Phi) is 4.33. The van der Waals surface area contributed by atoms with Gasteiger partial charge in [0.05, 0.1) is 0 Å². The average Bonchev–Trinajstić information content (AvgIpc) is 2.76. The number of halogens is 1. The van der Waals surface area contributed by atoms with Crippen molar-refractivity contribution in [3.8, 4) is 5.88 Å². The Morgan fingerprint density at radius 2 is 2.06 bits per heavy atom. The van der Waals surface area contributed by atoms with Crippen LogP contribution in [0.5, 0.6) is 5.88 Å². The summed E-state index contributed by atoms with van der Waals surface area (Å²) in [5, 5.41) is 12.0. The number of nitrogens with zero attached hydrogens (tertiary/aromatic N) is 5. The number of likely N-dealkylation sites (N-methyl/N-ethyl adjacent to an activating group) is 1. The first-order valence-corrected chi connectivity index (χ1v) is 6.35. The van der Waals surface area contributed by atoms with E-state index in [0.717, 1.165) is 19.6 Å². The minimum Gasteiger partial charge on any atom is -0.475 e. The molecule has 0 bridgehead atoms. The van der Waals surface area contributed by atoms with E-state index in [0.29, 0.717) is 18.1 Å². The highest BCUT2D eigenvalue weighted by atomic mass is 35.5. The summed E-state index contributed by atoms with van der Waals surface area (Å²) in [5.41, 5.74) is 0.607. The Hall–Kier alpha value is -1.40. The van der Waals surface area contributed by atoms with Gasteiger partial charge < -0.3 is 9.64 Å². The minimum atomic E-state index is 0.235. The average molecular weight is 270 g/mol. The summed E-state index contributed by atoms with van der Waals surface area (Å²) in [7, 11) is 0. The lowest BCUT2D eigenvalue weighted by Crippen LogP contribution is -2.28. The minimum absolute atomic E-state index is 0.235. The molecule has 98 valence electrons. The Balaban J connectivity index is 1.97. The van der Waals surface area contributed by atoms with Crippen molar-refractivity contribution in [2.75, 3.05) is 26.2 Å². The van der Waals surface area contributed by atoms with E-state index in [2.05, 4.69) is 34.0 Å². The first-order valence-electron chi connectivity index (χ1n) is 5.97. The number of hydrogen-bond acceptors (Lipinski definition) is 5. The molecule has 18 heavy (non-hydrogen) atoms. The Morgan fingerprint density at radius 3 is 2.78 bits per heavy atom. The molecule has 0 saturated heterocycles. The van der Waals surface area contributed by atoms with E-state index in [1.807, 2.05) is 0 Å². The van der Waals surface area contributed by atoms with E-state index in [9.17, 15) is 0 Å². The first kappa shape index (κ1) is 13.0. The maximum atomic E-state index is 5.84. The molecule has 0 amide bonds. The number of ether oxygens (including phenoxy) is 1. The largest absolute Gasteiger partial charge is 0.475 e. The fraction of sp³-hybridized carbons (Fsp3) is 0.545. The van der Waals surface area contributed by atoms with Gasteiger partial charge in [0.1, 0.15) is 6.61 Å². The Morgan fingerprint density at radius 1 is 1.28 bits per heavy atom. The topological polar surface area (TPSA) is 55.5 Å². The van der Waals surface area contributed by atoms with Gasteiger partial charge in [-0.1, -0.05) is 13.8 Å². The Labute approximate surface area is 111 Å². The highest BCUT2D eigenvalue weighted by molar-refractivity contribution is 6.28. The lowest BCUT2D eigenvalue weighted by atomic mass is 10.5. The molecule has 0 aliphatic rings. The summed E-state index contributed by atoms with van der Waals surface area (Å²) in [6.45, 7) is 7.77. The molecule has 0 unspecified atom stereocenters. The quantitative estimate of drug-likeness (QED) is 0.795. The van der Waals surface area contributed by atoms with Crippen LogP contribution in [0.2, 0.25) is 5.28 Å². The van der Waals surface area contributed by atoms with Gasteiger partial charge in [0.25, 0.3) is 0 Å². The maximum absolute atomic E-state index is 5.84. The van der Waals surface area contributed by atoms with Gasteiger partial charge in [-0.3, -0.25) is 0 Å². The summed E-state index contributed by atoms with van der Waals surface area (Å²) in [4.78, 5) is 2.28. The lowest BCUT2D eigenvalue weighted by molar-refractivity contribution is 0.216. The molecule has 2 aromatic rings. The van der Waals surface area contributed by atoms with Gasteiger partial charge in [0.2, 0.25) is 11.2 Å². The third-order valence-corrected chi connectivity index (χ3v) is 2.99. The SMILES string of the molecule is CCN(CC)CCOc1ccc2nnc(Cl)n2n1. The van der Waals surface area contributed by atoms with Crippen molar-refractivity contribution in [1.82, 2.24) is 24.7 Å². The molecule has 0 aliphatic heterocycles. The monoisotopic (exact) mass is 269 g/mol. The molecular weight excluding hydrogens is 254 g/mol. The first-order chi connectivity index (χ1) is 8.74. The van der Waals surface area contributed by atoms with Crippen LogP contribution in [0.1, 0.15) is 13.8 Å². The molecular formula is C11H16ClN5O. The van der Waals surface area contributed by atoms with Crippen molar-refractivity contribution < 1.29 is 4.74 Å². The van der Waals surface area contributed by atoms with E-state index < -0.39 is 0 Å². The fourth-order valence-corrected chi connectivity index (χ4v) is 1.80. The molecule has 2 rings (SSSR count). The maximum Gasteiger partial charge on any atom is 0.246 e. The molecule has 0 radical (unpaired) electrons. The van der Waals surface area contributed by atoms with Gasteiger partial charge in [-0.25, -0.2) is 0 Å². The van der Waals surface area contributed by atoms with E-state index in [-0.39, 0.29) is 5.28 Å². The molecule has 0 aliphatic carbocycles. The summed E-state index contributed by atoms with van der Waals surface area (Å²) in [5.74, 6) is 0.524. The van der Waals surface area contributed by atoms with E-state index in [4.69, 9.17) is 16.3 Å². The summed E-state index contributed by atoms with van der Waals surface area (Å²) >= 11 is 5.84. The molecule has 0 aromatic carbocycles. The van der Waals surface area contributed by atoms with Crippen molar-refractivity contribution in [2.45, 2.75) is 13.8 Å². The summed E-state index contributed by atoms with van der Waals surface area (Å²) in [6.07, 6.45) is 0. The van der Waals surface area contributed by atoms with Crippen molar-refractivity contribution >= 4 is 17.2 Å². The fourth-order valence-electron chi connectivity index (χ4n) is 1.64. The molecule has 0 spiro atoms. The van der Waals surface area contributed by atoms with Crippen LogP contribution in [0.3, 0.4) is 0 Å². The predicted octanol–water partition coefficient (Wildman–Crippen LogP) is 1.50. The van der Waals surface area contributed by atoms with Crippen LogP contribution in [-0.2, 0) is 0 Å². The van der Waals surface area contributed by atoms with Crippen molar-refractivity contribution in [3.63, 3.8) is 0 Å². The highest BCUT2D eigenvalue weighted by Crippen LogP contribution is 2.11. The van der Waals surface area contributed by atoms with E-state index in [1.54, 1.807) is 12.1 Å². The van der Waals surface area contributed by atoms with E-state index in [1.165, 1.54) is 4.52 Å². The molecule has 6 nitrogen and oxygen atoms in total. The summed E-state index contributed by atoms with van der Waals surface area (Å²) in [6, 6.07) is 3.54. The lowest BCUT2D eigenvalue weighted by Gasteiger charge is -2.17. The molecule has 0 atom stereocenters. The van der Waals surface area contributed by atoms with E-state index >= 15 is 0 Å². The molecule has 0 N–H and O–H groups in total. The van der Waals surface area contributed by atoms with Gasteiger partial charge in [-0.2, -0.15) is 4.52 Å². The number of hydrogen-bond donors (Lipinski definition) is 0. The Bertz CT molecular complexity index is 511. The van der Waals surface area contributed by atoms with Crippen LogP contribution in [0, 0.1) is 0 Å². The number of fused-ring (bicyclic) bond motifs is 1. The zero-order valence-electron chi connectivity index (χ0n) is 10.5. The number of aromatic nitrogens is 4. The number of rotatable bonds is 6. The molecule has 7 heteroatoms. The highest BCUT2D eigenvalue weighted by Gasteiger charge is 2.06.